The summed E-state index contributed by atoms with van der Waals surface area (Å²) in [6.07, 6.45) is 0. The Morgan fingerprint density at radius 1 is 0.944 bits per heavy atom. The Kier molecular flexibility index (Phi) is 2.10. The third-order valence-corrected chi connectivity index (χ3v) is 3.12. The summed E-state index contributed by atoms with van der Waals surface area (Å²) in [4.78, 5) is 36.0. The standard InChI is InChI=1S/C13H10N2O3/c1-8-7-10(16)15-13(18)11(12(17)14(8)15)9-5-3-2-4-6-9/h2-7,11H,1H3. The first-order valence-electron chi connectivity index (χ1n) is 5.56. The van der Waals surface area contributed by atoms with Crippen LogP contribution in [-0.2, 0) is 0 Å². The Labute approximate surface area is 102 Å². The lowest BCUT2D eigenvalue weighted by Gasteiger charge is -2.05. The molecular formula is C13H10N2O3. The van der Waals surface area contributed by atoms with Gasteiger partial charge in [0.1, 0.15) is 5.92 Å². The van der Waals surface area contributed by atoms with Gasteiger partial charge in [-0.2, -0.15) is 4.68 Å². The van der Waals surface area contributed by atoms with E-state index in [4.69, 9.17) is 0 Å². The van der Waals surface area contributed by atoms with Crippen LogP contribution in [0.2, 0.25) is 0 Å². The molecule has 0 fully saturated rings. The van der Waals surface area contributed by atoms with Crippen molar-refractivity contribution in [3.63, 3.8) is 0 Å². The van der Waals surface area contributed by atoms with Crippen LogP contribution in [0.4, 0.5) is 0 Å². The molecule has 18 heavy (non-hydrogen) atoms. The molecule has 0 bridgehead atoms. The number of aryl methyl sites for hydroxylation is 1. The van der Waals surface area contributed by atoms with Crippen LogP contribution < -0.4 is 5.56 Å². The van der Waals surface area contributed by atoms with Gasteiger partial charge in [-0.25, -0.2) is 4.68 Å². The van der Waals surface area contributed by atoms with Gasteiger partial charge in [0.05, 0.1) is 0 Å². The highest BCUT2D eigenvalue weighted by Crippen LogP contribution is 2.25. The first-order valence-corrected chi connectivity index (χ1v) is 5.56. The molecule has 2 heterocycles. The maximum Gasteiger partial charge on any atom is 0.274 e. The van der Waals surface area contributed by atoms with E-state index in [1.165, 1.54) is 6.07 Å². The summed E-state index contributed by atoms with van der Waals surface area (Å²) in [5.41, 5.74) is 0.642. The zero-order valence-corrected chi connectivity index (χ0v) is 9.66. The van der Waals surface area contributed by atoms with Gasteiger partial charge in [-0.1, -0.05) is 30.3 Å². The molecule has 0 N–H and O–H groups in total. The molecule has 2 aromatic rings. The van der Waals surface area contributed by atoms with Crippen molar-refractivity contribution in [1.29, 1.82) is 0 Å². The van der Waals surface area contributed by atoms with E-state index in [9.17, 15) is 14.4 Å². The topological polar surface area (TPSA) is 61.1 Å². The van der Waals surface area contributed by atoms with Crippen molar-refractivity contribution < 1.29 is 9.59 Å². The smallest absolute Gasteiger partial charge is 0.271 e. The molecule has 0 saturated carbocycles. The second-order valence-corrected chi connectivity index (χ2v) is 4.27. The number of carbonyl (C=O) groups excluding carboxylic acids is 2. The molecule has 0 spiro atoms. The van der Waals surface area contributed by atoms with Gasteiger partial charge in [0.25, 0.3) is 17.4 Å². The van der Waals surface area contributed by atoms with Crippen LogP contribution >= 0.6 is 0 Å². The molecule has 1 aliphatic heterocycles. The first kappa shape index (κ1) is 10.7. The highest BCUT2D eigenvalue weighted by atomic mass is 16.2. The zero-order chi connectivity index (χ0) is 12.9. The monoisotopic (exact) mass is 242 g/mol. The van der Waals surface area contributed by atoms with E-state index in [1.54, 1.807) is 31.2 Å². The summed E-state index contributed by atoms with van der Waals surface area (Å²) < 4.78 is 2.07. The lowest BCUT2D eigenvalue weighted by atomic mass is 9.98. The van der Waals surface area contributed by atoms with E-state index in [2.05, 4.69) is 0 Å². The number of nitrogens with zero attached hydrogens (tertiary/aromatic N) is 2. The van der Waals surface area contributed by atoms with Gasteiger partial charge >= 0.3 is 0 Å². The van der Waals surface area contributed by atoms with E-state index >= 15 is 0 Å². The van der Waals surface area contributed by atoms with E-state index in [-0.39, 0.29) is 5.91 Å². The molecule has 1 atom stereocenters. The highest BCUT2D eigenvalue weighted by molar-refractivity contribution is 6.12. The van der Waals surface area contributed by atoms with Crippen molar-refractivity contribution in [3.8, 4) is 0 Å². The average molecular weight is 242 g/mol. The molecule has 0 amide bonds. The Bertz CT molecular complexity index is 710. The van der Waals surface area contributed by atoms with Gasteiger partial charge < -0.3 is 0 Å². The van der Waals surface area contributed by atoms with Crippen LogP contribution in [0.3, 0.4) is 0 Å². The SMILES string of the molecule is Cc1cc(=O)n2n1C(=O)C(c1ccccc1)C2=O. The van der Waals surface area contributed by atoms with Crippen LogP contribution in [0, 0.1) is 6.92 Å². The molecule has 3 rings (SSSR count). The van der Waals surface area contributed by atoms with E-state index in [1.807, 2.05) is 6.07 Å². The zero-order valence-electron chi connectivity index (χ0n) is 9.66. The minimum Gasteiger partial charge on any atom is -0.271 e. The lowest BCUT2D eigenvalue weighted by Crippen LogP contribution is -2.24. The number of benzene rings is 1. The normalized spacial score (nSPS) is 18.2. The Balaban J connectivity index is 2.20. The Hall–Kier alpha value is -2.43. The van der Waals surface area contributed by atoms with Crippen molar-refractivity contribution in [2.24, 2.45) is 0 Å². The molecule has 0 aliphatic carbocycles. The van der Waals surface area contributed by atoms with Crippen molar-refractivity contribution in [2.45, 2.75) is 12.8 Å². The van der Waals surface area contributed by atoms with Crippen molar-refractivity contribution in [1.82, 2.24) is 9.36 Å². The summed E-state index contributed by atoms with van der Waals surface area (Å²) in [5.74, 6) is -1.76. The van der Waals surface area contributed by atoms with E-state index in [0.29, 0.717) is 11.3 Å². The molecule has 5 nitrogen and oxygen atoms in total. The number of hydrogen-bond acceptors (Lipinski definition) is 3. The molecule has 0 radical (unpaired) electrons. The van der Waals surface area contributed by atoms with Crippen molar-refractivity contribution in [3.05, 3.63) is 58.0 Å². The molecule has 5 heteroatoms. The summed E-state index contributed by atoms with van der Waals surface area (Å²) in [7, 11) is 0. The van der Waals surface area contributed by atoms with Crippen LogP contribution in [0.15, 0.2) is 41.2 Å². The molecule has 1 unspecified atom stereocenters. The minimum atomic E-state index is -0.904. The average Bonchev–Trinajstić information content (AvgIpc) is 2.79. The summed E-state index contributed by atoms with van der Waals surface area (Å²) >= 11 is 0. The van der Waals surface area contributed by atoms with Gasteiger partial charge in [0, 0.05) is 11.8 Å². The third kappa shape index (κ3) is 1.24. The maximum atomic E-state index is 12.2. The van der Waals surface area contributed by atoms with Crippen LogP contribution in [0.25, 0.3) is 0 Å². The highest BCUT2D eigenvalue weighted by Gasteiger charge is 2.41. The van der Waals surface area contributed by atoms with Crippen LogP contribution in [0.1, 0.15) is 26.8 Å². The number of aromatic nitrogens is 2. The van der Waals surface area contributed by atoms with Gasteiger partial charge in [0.2, 0.25) is 0 Å². The number of carbonyl (C=O) groups is 2. The van der Waals surface area contributed by atoms with E-state index in [0.717, 1.165) is 9.36 Å². The third-order valence-electron chi connectivity index (χ3n) is 3.12. The lowest BCUT2D eigenvalue weighted by molar-refractivity contribution is 0.0847. The summed E-state index contributed by atoms with van der Waals surface area (Å²) in [6, 6.07) is 10.1. The first-order chi connectivity index (χ1) is 8.61. The quantitative estimate of drug-likeness (QED) is 0.702. The van der Waals surface area contributed by atoms with Crippen molar-refractivity contribution in [2.75, 3.05) is 0 Å². The molecule has 1 aromatic carbocycles. The second-order valence-electron chi connectivity index (χ2n) is 4.27. The summed E-state index contributed by atoms with van der Waals surface area (Å²) in [5, 5.41) is 0. The van der Waals surface area contributed by atoms with Crippen LogP contribution in [-0.4, -0.2) is 21.2 Å². The minimum absolute atomic E-state index is 0.370. The Morgan fingerprint density at radius 2 is 1.56 bits per heavy atom. The van der Waals surface area contributed by atoms with Crippen molar-refractivity contribution >= 4 is 11.8 Å². The molecular weight excluding hydrogens is 232 g/mol. The summed E-state index contributed by atoms with van der Waals surface area (Å²) in [6.45, 7) is 1.64. The number of fused-ring (bicyclic) bond motifs is 1. The van der Waals surface area contributed by atoms with Gasteiger partial charge in [-0.3, -0.25) is 14.4 Å². The second kappa shape index (κ2) is 3.53. The predicted octanol–water partition coefficient (Wildman–Crippen LogP) is 1.04. The fourth-order valence-corrected chi connectivity index (χ4v) is 2.32. The molecule has 1 aliphatic rings. The molecule has 0 saturated heterocycles. The number of hydrogen-bond donors (Lipinski definition) is 0. The fourth-order valence-electron chi connectivity index (χ4n) is 2.32. The number of rotatable bonds is 1. The maximum absolute atomic E-state index is 12.2. The molecule has 90 valence electrons. The predicted molar refractivity (Wildman–Crippen MR) is 63.9 cm³/mol. The van der Waals surface area contributed by atoms with Gasteiger partial charge in [0.15, 0.2) is 0 Å². The van der Waals surface area contributed by atoms with Gasteiger partial charge in [-0.15, -0.1) is 0 Å². The largest absolute Gasteiger partial charge is 0.274 e. The van der Waals surface area contributed by atoms with E-state index < -0.39 is 17.4 Å². The Morgan fingerprint density at radius 3 is 2.17 bits per heavy atom. The van der Waals surface area contributed by atoms with Gasteiger partial charge in [-0.05, 0) is 12.5 Å². The van der Waals surface area contributed by atoms with Crippen LogP contribution in [0.5, 0.6) is 0 Å². The molecule has 1 aromatic heterocycles. The fraction of sp³-hybridized carbons (Fsp3) is 0.154.